The van der Waals surface area contributed by atoms with Gasteiger partial charge in [0.1, 0.15) is 0 Å². The number of hydrogen-bond donors (Lipinski definition) is 1. The molecule has 1 nitrogen and oxygen atoms in total. The fourth-order valence-corrected chi connectivity index (χ4v) is 1.17. The molecule has 0 amide bonds. The van der Waals surface area contributed by atoms with Gasteiger partial charge in [-0.15, -0.1) is 0 Å². The second-order valence-electron chi connectivity index (χ2n) is 3.32. The maximum Gasteiger partial charge on any atom is 0.393 e. The molecule has 0 aliphatic rings. The Labute approximate surface area is 80.7 Å². The third kappa shape index (κ3) is 3.38. The molecule has 0 aliphatic carbocycles. The van der Waals surface area contributed by atoms with Gasteiger partial charge in [0.15, 0.2) is 0 Å². The molecule has 0 saturated carbocycles. The minimum Gasteiger partial charge on any atom is -0.324 e. The molecular weight excluding hydrogens is 191 g/mol. The van der Waals surface area contributed by atoms with Gasteiger partial charge in [0.25, 0.3) is 0 Å². The Kier molecular flexibility index (Phi) is 3.16. The summed E-state index contributed by atoms with van der Waals surface area (Å²) in [5, 5.41) is 0. The molecule has 1 rings (SSSR count). The maximum absolute atomic E-state index is 12.0. The molecule has 0 aliphatic heterocycles. The lowest BCUT2D eigenvalue weighted by Crippen LogP contribution is -2.11. The van der Waals surface area contributed by atoms with E-state index in [0.29, 0.717) is 0 Å². The van der Waals surface area contributed by atoms with Crippen LogP contribution in [0.1, 0.15) is 24.1 Å². The first-order valence-electron chi connectivity index (χ1n) is 4.29. The van der Waals surface area contributed by atoms with E-state index < -0.39 is 12.6 Å². The normalized spacial score (nSPS) is 14.1. The summed E-state index contributed by atoms with van der Waals surface area (Å²) in [4.78, 5) is 0. The van der Waals surface area contributed by atoms with Gasteiger partial charge in [0, 0.05) is 6.04 Å². The highest BCUT2D eigenvalue weighted by Gasteiger charge is 2.27. The summed E-state index contributed by atoms with van der Waals surface area (Å²) in [6.45, 7) is 1.79. The van der Waals surface area contributed by atoms with Crippen molar-refractivity contribution in [1.29, 1.82) is 0 Å². The Morgan fingerprint density at radius 2 is 1.71 bits per heavy atom. The van der Waals surface area contributed by atoms with E-state index in [4.69, 9.17) is 5.73 Å². The largest absolute Gasteiger partial charge is 0.393 e. The van der Waals surface area contributed by atoms with Crippen molar-refractivity contribution >= 4 is 0 Å². The van der Waals surface area contributed by atoms with E-state index in [1.807, 2.05) is 0 Å². The first-order valence-corrected chi connectivity index (χ1v) is 4.29. The summed E-state index contributed by atoms with van der Waals surface area (Å²) in [7, 11) is 0. The monoisotopic (exact) mass is 203 g/mol. The van der Waals surface area contributed by atoms with Gasteiger partial charge in [0.2, 0.25) is 0 Å². The highest BCUT2D eigenvalue weighted by atomic mass is 19.4. The van der Waals surface area contributed by atoms with Crippen molar-refractivity contribution in [2.24, 2.45) is 5.73 Å². The van der Waals surface area contributed by atoms with E-state index in [0.717, 1.165) is 5.56 Å². The van der Waals surface area contributed by atoms with Gasteiger partial charge < -0.3 is 5.73 Å². The lowest BCUT2D eigenvalue weighted by Gasteiger charge is -2.08. The van der Waals surface area contributed by atoms with E-state index in [9.17, 15) is 13.2 Å². The molecule has 0 bridgehead atoms. The predicted octanol–water partition coefficient (Wildman–Crippen LogP) is 2.81. The Balaban J connectivity index is 2.74. The summed E-state index contributed by atoms with van der Waals surface area (Å²) in [6, 6.07) is 6.05. The molecule has 78 valence electrons. The number of nitrogens with two attached hydrogens (primary N) is 1. The Morgan fingerprint density at radius 3 is 2.07 bits per heavy atom. The van der Waals surface area contributed by atoms with Crippen molar-refractivity contribution in [1.82, 2.24) is 0 Å². The molecule has 0 fully saturated rings. The summed E-state index contributed by atoms with van der Waals surface area (Å²) >= 11 is 0. The van der Waals surface area contributed by atoms with Crippen LogP contribution in [-0.2, 0) is 6.42 Å². The fraction of sp³-hybridized carbons (Fsp3) is 0.400. The smallest absolute Gasteiger partial charge is 0.324 e. The van der Waals surface area contributed by atoms with Gasteiger partial charge in [-0.2, -0.15) is 13.2 Å². The number of rotatable bonds is 2. The van der Waals surface area contributed by atoms with Crippen LogP contribution >= 0.6 is 0 Å². The van der Waals surface area contributed by atoms with Gasteiger partial charge in [-0.25, -0.2) is 0 Å². The third-order valence-corrected chi connectivity index (χ3v) is 1.91. The molecule has 0 heterocycles. The maximum atomic E-state index is 12.0. The van der Waals surface area contributed by atoms with Crippen LogP contribution in [0.25, 0.3) is 0 Å². The molecule has 2 N–H and O–H groups in total. The molecule has 1 aromatic rings. The van der Waals surface area contributed by atoms with Crippen LogP contribution in [0.5, 0.6) is 0 Å². The van der Waals surface area contributed by atoms with Crippen LogP contribution in [0.2, 0.25) is 0 Å². The second kappa shape index (κ2) is 4.00. The molecule has 0 radical (unpaired) electrons. The highest BCUT2D eigenvalue weighted by molar-refractivity contribution is 5.24. The van der Waals surface area contributed by atoms with E-state index in [1.165, 1.54) is 12.1 Å². The first-order chi connectivity index (χ1) is 6.38. The summed E-state index contributed by atoms with van der Waals surface area (Å²) in [5.41, 5.74) is 6.68. The van der Waals surface area contributed by atoms with Gasteiger partial charge >= 0.3 is 6.18 Å². The Morgan fingerprint density at radius 1 is 1.21 bits per heavy atom. The molecule has 0 saturated heterocycles. The zero-order valence-electron chi connectivity index (χ0n) is 7.81. The van der Waals surface area contributed by atoms with E-state index >= 15 is 0 Å². The topological polar surface area (TPSA) is 26.0 Å². The molecule has 0 spiro atoms. The van der Waals surface area contributed by atoms with Gasteiger partial charge in [-0.1, -0.05) is 24.3 Å². The Bertz CT molecular complexity index is 287. The minimum absolute atomic E-state index is 0.144. The van der Waals surface area contributed by atoms with Crippen LogP contribution < -0.4 is 5.73 Å². The first kappa shape index (κ1) is 11.0. The van der Waals surface area contributed by atoms with Crippen molar-refractivity contribution in [3.63, 3.8) is 0 Å². The SMILES string of the molecule is C[C@@H](N)c1ccc(CC(F)(F)F)cc1. The Hall–Kier alpha value is -1.03. The van der Waals surface area contributed by atoms with Crippen molar-refractivity contribution in [2.45, 2.75) is 25.6 Å². The van der Waals surface area contributed by atoms with Crippen molar-refractivity contribution in [2.75, 3.05) is 0 Å². The lowest BCUT2D eigenvalue weighted by atomic mass is 10.1. The van der Waals surface area contributed by atoms with Crippen molar-refractivity contribution < 1.29 is 13.2 Å². The van der Waals surface area contributed by atoms with Gasteiger partial charge in [-0.3, -0.25) is 0 Å². The highest BCUT2D eigenvalue weighted by Crippen LogP contribution is 2.22. The summed E-state index contributed by atoms with van der Waals surface area (Å²) in [6.07, 6.45) is -5.03. The van der Waals surface area contributed by atoms with Crippen LogP contribution in [0.4, 0.5) is 13.2 Å². The predicted molar refractivity (Wildman–Crippen MR) is 48.8 cm³/mol. The van der Waals surface area contributed by atoms with E-state index in [2.05, 4.69) is 0 Å². The standard InChI is InChI=1S/C10H12F3N/c1-7(14)9-4-2-8(3-5-9)6-10(11,12)13/h2-5,7H,6,14H2,1H3/t7-/m1/s1. The summed E-state index contributed by atoms with van der Waals surface area (Å²) in [5.74, 6) is 0. The quantitative estimate of drug-likeness (QED) is 0.785. The van der Waals surface area contributed by atoms with Crippen LogP contribution in [0.3, 0.4) is 0 Å². The van der Waals surface area contributed by atoms with E-state index in [-0.39, 0.29) is 11.6 Å². The molecular formula is C10H12F3N. The molecule has 1 aromatic carbocycles. The molecule has 1 atom stereocenters. The van der Waals surface area contributed by atoms with Gasteiger partial charge in [-0.05, 0) is 18.1 Å². The van der Waals surface area contributed by atoms with Crippen LogP contribution in [0.15, 0.2) is 24.3 Å². The average Bonchev–Trinajstić information content (AvgIpc) is 2.02. The zero-order chi connectivity index (χ0) is 10.8. The lowest BCUT2D eigenvalue weighted by molar-refractivity contribution is -0.127. The fourth-order valence-electron chi connectivity index (χ4n) is 1.17. The molecule has 14 heavy (non-hydrogen) atoms. The number of benzene rings is 1. The van der Waals surface area contributed by atoms with Gasteiger partial charge in [0.05, 0.1) is 6.42 Å². The number of halogens is 3. The zero-order valence-corrected chi connectivity index (χ0v) is 7.81. The molecule has 0 aromatic heterocycles. The molecule has 4 heteroatoms. The number of alkyl halides is 3. The van der Waals surface area contributed by atoms with Crippen molar-refractivity contribution in [3.8, 4) is 0 Å². The molecule has 0 unspecified atom stereocenters. The van der Waals surface area contributed by atoms with Crippen molar-refractivity contribution in [3.05, 3.63) is 35.4 Å². The average molecular weight is 203 g/mol. The van der Waals surface area contributed by atoms with Crippen LogP contribution in [0, 0.1) is 0 Å². The minimum atomic E-state index is -4.14. The number of hydrogen-bond acceptors (Lipinski definition) is 1. The third-order valence-electron chi connectivity index (χ3n) is 1.91. The van der Waals surface area contributed by atoms with E-state index in [1.54, 1.807) is 19.1 Å². The second-order valence-corrected chi connectivity index (χ2v) is 3.32. The van der Waals surface area contributed by atoms with Crippen LogP contribution in [-0.4, -0.2) is 6.18 Å². The summed E-state index contributed by atoms with van der Waals surface area (Å²) < 4.78 is 35.9.